The first kappa shape index (κ1) is 19.1. The lowest BCUT2D eigenvalue weighted by Crippen LogP contribution is -2.31. The predicted molar refractivity (Wildman–Crippen MR) is 97.6 cm³/mol. The van der Waals surface area contributed by atoms with Crippen LogP contribution >= 0.6 is 0 Å². The molecule has 0 saturated carbocycles. The van der Waals surface area contributed by atoms with E-state index in [0.29, 0.717) is 8.87 Å². The Bertz CT molecular complexity index is 1240. The molecule has 0 fully saturated rings. The summed E-state index contributed by atoms with van der Waals surface area (Å²) in [6.45, 7) is -3.60. The predicted octanol–water partition coefficient (Wildman–Crippen LogP) is 2.79. The molecule has 3 aromatic rings. The number of rotatable bonds is 5. The van der Waals surface area contributed by atoms with Crippen molar-refractivity contribution in [3.8, 4) is 11.5 Å². The van der Waals surface area contributed by atoms with E-state index in [1.807, 2.05) is 0 Å². The molecule has 0 atom stereocenters. The minimum absolute atomic E-state index is 0.123. The lowest BCUT2D eigenvalue weighted by atomic mass is 10.2. The van der Waals surface area contributed by atoms with Gasteiger partial charge in [-0.3, -0.25) is 9.36 Å². The number of nitrogens with zero attached hydrogens (tertiary/aromatic N) is 3. The van der Waals surface area contributed by atoms with Crippen LogP contribution in [0.4, 0.5) is 8.78 Å². The largest absolute Gasteiger partial charge is 0.493 e. The van der Waals surface area contributed by atoms with Crippen molar-refractivity contribution >= 4 is 27.0 Å². The molecular formula is C18H15F2N3O5S. The smallest absolute Gasteiger partial charge is 0.320 e. The molecule has 29 heavy (non-hydrogen) atoms. The van der Waals surface area contributed by atoms with Crippen LogP contribution in [-0.2, 0) is 16.6 Å². The number of aromatic nitrogens is 2. The number of hydrogen-bond acceptors (Lipinski definition) is 6. The molecule has 2 aromatic carbocycles. The molecule has 11 heteroatoms. The second-order valence-electron chi connectivity index (χ2n) is 6.18. The number of amides is 1. The van der Waals surface area contributed by atoms with Crippen LogP contribution in [0.25, 0.3) is 11.0 Å². The molecule has 0 N–H and O–H groups in total. The van der Waals surface area contributed by atoms with Crippen molar-refractivity contribution in [2.75, 3.05) is 14.2 Å². The molecule has 2 heterocycles. The molecule has 0 unspecified atom stereocenters. The number of carbonyl (C=O) groups excluding carboxylic acids is 1. The minimum Gasteiger partial charge on any atom is -0.493 e. The second-order valence-corrected chi connectivity index (χ2v) is 8.02. The number of imidazole rings is 1. The van der Waals surface area contributed by atoms with Crippen LogP contribution in [0, 0.1) is 0 Å². The van der Waals surface area contributed by atoms with Crippen molar-refractivity contribution < 1.29 is 31.5 Å². The first-order valence-electron chi connectivity index (χ1n) is 8.36. The van der Waals surface area contributed by atoms with E-state index in [9.17, 15) is 22.0 Å². The van der Waals surface area contributed by atoms with Crippen LogP contribution < -0.4 is 9.47 Å². The number of alkyl halides is 2. The summed E-state index contributed by atoms with van der Waals surface area (Å²) in [5.41, 5.74) is 0.289. The fourth-order valence-electron chi connectivity index (χ4n) is 3.31. The van der Waals surface area contributed by atoms with E-state index in [0.717, 1.165) is 0 Å². The van der Waals surface area contributed by atoms with Crippen molar-refractivity contribution in [2.24, 2.45) is 0 Å². The van der Waals surface area contributed by atoms with Gasteiger partial charge in [-0.2, -0.15) is 8.78 Å². The fraction of sp³-hybridized carbons (Fsp3) is 0.222. The van der Waals surface area contributed by atoms with Gasteiger partial charge in [-0.15, -0.1) is 0 Å². The number of benzene rings is 2. The van der Waals surface area contributed by atoms with Gasteiger partial charge >= 0.3 is 6.55 Å². The fourth-order valence-corrected chi connectivity index (χ4v) is 4.83. The standard InChI is InChI=1S/C18H15F2N3O5S/c1-27-13-7-10-15(8-14(13)28-2)29(25,26)22(17(10)24)9-16-21-11-5-3-4-6-12(11)23(16)18(19)20/h3-8,18H,9H2,1-2H3. The third-order valence-corrected chi connectivity index (χ3v) is 6.43. The zero-order valence-corrected chi connectivity index (χ0v) is 16.1. The lowest BCUT2D eigenvalue weighted by molar-refractivity contribution is 0.0679. The number of sulfonamides is 1. The normalized spacial score (nSPS) is 15.2. The molecule has 0 aliphatic carbocycles. The average molecular weight is 423 g/mol. The molecule has 8 nitrogen and oxygen atoms in total. The Morgan fingerprint density at radius 2 is 1.76 bits per heavy atom. The average Bonchev–Trinajstić information content (AvgIpc) is 3.15. The maximum atomic E-state index is 13.7. The van der Waals surface area contributed by atoms with Crippen molar-refractivity contribution in [3.63, 3.8) is 0 Å². The lowest BCUT2D eigenvalue weighted by Gasteiger charge is -2.16. The molecule has 4 rings (SSSR count). The highest BCUT2D eigenvalue weighted by molar-refractivity contribution is 7.90. The van der Waals surface area contributed by atoms with Gasteiger partial charge in [0.1, 0.15) is 10.7 Å². The third kappa shape index (κ3) is 2.80. The molecule has 1 aliphatic rings. The summed E-state index contributed by atoms with van der Waals surface area (Å²) in [5, 5.41) is 0. The van der Waals surface area contributed by atoms with E-state index >= 15 is 0 Å². The monoisotopic (exact) mass is 423 g/mol. The number of carbonyl (C=O) groups is 1. The van der Waals surface area contributed by atoms with Crippen molar-refractivity contribution in [3.05, 3.63) is 47.8 Å². The Balaban J connectivity index is 1.82. The van der Waals surface area contributed by atoms with Gasteiger partial charge in [0, 0.05) is 6.07 Å². The second kappa shape index (κ2) is 6.69. The maximum Gasteiger partial charge on any atom is 0.320 e. The first-order valence-corrected chi connectivity index (χ1v) is 9.80. The summed E-state index contributed by atoms with van der Waals surface area (Å²) in [6.07, 6.45) is 0. The van der Waals surface area contributed by atoms with E-state index in [2.05, 4.69) is 4.98 Å². The Morgan fingerprint density at radius 3 is 2.41 bits per heavy atom. The maximum absolute atomic E-state index is 13.7. The van der Waals surface area contributed by atoms with Crippen LogP contribution in [-0.4, -0.2) is 42.4 Å². The zero-order chi connectivity index (χ0) is 20.9. The van der Waals surface area contributed by atoms with E-state index in [4.69, 9.17) is 9.47 Å². The van der Waals surface area contributed by atoms with Gasteiger partial charge in [0.05, 0.1) is 37.4 Å². The van der Waals surface area contributed by atoms with Gasteiger partial charge in [0.2, 0.25) is 0 Å². The Morgan fingerprint density at radius 1 is 1.10 bits per heavy atom. The van der Waals surface area contributed by atoms with Crippen LogP contribution in [0.2, 0.25) is 0 Å². The number of ether oxygens (including phenoxy) is 2. The Hall–Kier alpha value is -3.21. The van der Waals surface area contributed by atoms with Gasteiger partial charge in [0.25, 0.3) is 15.9 Å². The molecule has 0 spiro atoms. The Labute approximate surface area is 164 Å². The van der Waals surface area contributed by atoms with Gasteiger partial charge in [-0.1, -0.05) is 12.1 Å². The van der Waals surface area contributed by atoms with E-state index < -0.39 is 29.0 Å². The van der Waals surface area contributed by atoms with Gasteiger partial charge in [-0.05, 0) is 18.2 Å². The minimum atomic E-state index is -4.28. The molecule has 1 amide bonds. The number of halogens is 2. The van der Waals surface area contributed by atoms with E-state index in [1.54, 1.807) is 12.1 Å². The number of hydrogen-bond donors (Lipinski definition) is 0. The highest BCUT2D eigenvalue weighted by atomic mass is 32.2. The van der Waals surface area contributed by atoms with Crippen LogP contribution in [0.1, 0.15) is 22.7 Å². The van der Waals surface area contributed by atoms with Crippen molar-refractivity contribution in [2.45, 2.75) is 18.0 Å². The van der Waals surface area contributed by atoms with Crippen molar-refractivity contribution in [1.82, 2.24) is 13.9 Å². The highest BCUT2D eigenvalue weighted by Crippen LogP contribution is 2.39. The summed E-state index contributed by atoms with van der Waals surface area (Å²) >= 11 is 0. The molecule has 0 radical (unpaired) electrons. The highest BCUT2D eigenvalue weighted by Gasteiger charge is 2.43. The SMILES string of the molecule is COc1cc2c(cc1OC)S(=O)(=O)N(Cc1nc3ccccc3n1C(F)F)C2=O. The van der Waals surface area contributed by atoms with Gasteiger partial charge in [0.15, 0.2) is 11.5 Å². The van der Waals surface area contributed by atoms with E-state index in [1.165, 1.54) is 38.5 Å². The summed E-state index contributed by atoms with van der Waals surface area (Å²) < 4.78 is 64.6. The number of methoxy groups -OCH3 is 2. The van der Waals surface area contributed by atoms with Crippen LogP contribution in [0.5, 0.6) is 11.5 Å². The third-order valence-electron chi connectivity index (χ3n) is 4.66. The number of para-hydroxylation sites is 2. The zero-order valence-electron chi connectivity index (χ0n) is 15.3. The molecular weight excluding hydrogens is 408 g/mol. The van der Waals surface area contributed by atoms with E-state index in [-0.39, 0.29) is 38.8 Å². The topological polar surface area (TPSA) is 90.7 Å². The molecule has 0 saturated heterocycles. The van der Waals surface area contributed by atoms with Crippen molar-refractivity contribution in [1.29, 1.82) is 0 Å². The number of fused-ring (bicyclic) bond motifs is 2. The molecule has 0 bridgehead atoms. The van der Waals surface area contributed by atoms with Gasteiger partial charge in [-0.25, -0.2) is 17.7 Å². The summed E-state index contributed by atoms with van der Waals surface area (Å²) in [5.74, 6) is -0.792. The van der Waals surface area contributed by atoms with Crippen LogP contribution in [0.3, 0.4) is 0 Å². The molecule has 1 aromatic heterocycles. The summed E-state index contributed by atoms with van der Waals surface area (Å²) in [4.78, 5) is 16.6. The summed E-state index contributed by atoms with van der Waals surface area (Å²) in [6, 6.07) is 8.60. The first-order chi connectivity index (χ1) is 13.8. The molecule has 152 valence electrons. The Kier molecular flexibility index (Phi) is 4.41. The quantitative estimate of drug-likeness (QED) is 0.627. The molecule has 1 aliphatic heterocycles. The van der Waals surface area contributed by atoms with Crippen LogP contribution in [0.15, 0.2) is 41.3 Å². The summed E-state index contributed by atoms with van der Waals surface area (Å²) in [7, 11) is -1.60. The van der Waals surface area contributed by atoms with Gasteiger partial charge < -0.3 is 9.47 Å².